The van der Waals surface area contributed by atoms with E-state index < -0.39 is 0 Å². The molecule has 2 aromatic rings. The maximum absolute atomic E-state index is 11.3. The lowest BCUT2D eigenvalue weighted by Crippen LogP contribution is -2.38. The van der Waals surface area contributed by atoms with Crippen LogP contribution in [0.3, 0.4) is 0 Å². The van der Waals surface area contributed by atoms with Gasteiger partial charge in [0.25, 0.3) is 0 Å². The van der Waals surface area contributed by atoms with Crippen LogP contribution in [0.2, 0.25) is 5.02 Å². The summed E-state index contributed by atoms with van der Waals surface area (Å²) in [6, 6.07) is 8.22. The lowest BCUT2D eigenvalue weighted by molar-refractivity contribution is -0.119. The second-order valence-electron chi connectivity index (χ2n) is 8.76. The third-order valence-electron chi connectivity index (χ3n) is 6.31. The summed E-state index contributed by atoms with van der Waals surface area (Å²) in [5, 5.41) is 3.45. The van der Waals surface area contributed by atoms with Gasteiger partial charge in [0.15, 0.2) is 5.82 Å². The van der Waals surface area contributed by atoms with E-state index in [0.29, 0.717) is 23.6 Å². The van der Waals surface area contributed by atoms with E-state index in [1.807, 2.05) is 38.2 Å². The van der Waals surface area contributed by atoms with Gasteiger partial charge < -0.3 is 24.6 Å². The average molecular weight is 474 g/mol. The van der Waals surface area contributed by atoms with Crippen molar-refractivity contribution in [2.75, 3.05) is 43.2 Å². The van der Waals surface area contributed by atoms with Crippen molar-refractivity contribution in [3.05, 3.63) is 41.0 Å². The van der Waals surface area contributed by atoms with Crippen LogP contribution in [-0.2, 0) is 9.53 Å². The fourth-order valence-electron chi connectivity index (χ4n) is 4.41. The quantitative estimate of drug-likeness (QED) is 0.658. The molecule has 0 bridgehead atoms. The smallest absolute Gasteiger partial charge is 0.227 e. The number of rotatable bonds is 7. The molecule has 2 fully saturated rings. The number of carbonyl (C=O) groups is 1. The van der Waals surface area contributed by atoms with Crippen LogP contribution < -0.4 is 19.9 Å². The predicted octanol–water partition coefficient (Wildman–Crippen LogP) is 3.60. The van der Waals surface area contributed by atoms with Crippen molar-refractivity contribution in [1.29, 1.82) is 0 Å². The largest absolute Gasteiger partial charge is 0.489 e. The van der Waals surface area contributed by atoms with E-state index in [1.54, 1.807) is 6.20 Å². The van der Waals surface area contributed by atoms with E-state index in [0.717, 1.165) is 56.2 Å². The normalized spacial score (nSPS) is 19.9. The zero-order valence-corrected chi connectivity index (χ0v) is 20.2. The fourth-order valence-corrected chi connectivity index (χ4v) is 4.62. The van der Waals surface area contributed by atoms with Gasteiger partial charge in [-0.2, -0.15) is 4.98 Å². The summed E-state index contributed by atoms with van der Waals surface area (Å²) in [5.74, 6) is 2.22. The van der Waals surface area contributed by atoms with E-state index in [4.69, 9.17) is 26.1 Å². The summed E-state index contributed by atoms with van der Waals surface area (Å²) in [7, 11) is 2.04. The monoisotopic (exact) mass is 473 g/mol. The molecule has 1 aromatic heterocycles. The highest BCUT2D eigenvalue weighted by Gasteiger charge is 2.28. The Balaban J connectivity index is 1.38. The second-order valence-corrected chi connectivity index (χ2v) is 9.17. The highest BCUT2D eigenvalue weighted by molar-refractivity contribution is 6.32. The number of anilines is 2. The van der Waals surface area contributed by atoms with Crippen molar-refractivity contribution >= 4 is 29.3 Å². The van der Waals surface area contributed by atoms with Crippen molar-refractivity contribution < 1.29 is 14.3 Å². The molecule has 0 saturated carbocycles. The van der Waals surface area contributed by atoms with E-state index in [1.165, 1.54) is 6.92 Å². The Morgan fingerprint density at radius 1 is 1.27 bits per heavy atom. The molecular formula is C24H32ClN5O3. The number of ether oxygens (including phenoxy) is 2. The van der Waals surface area contributed by atoms with Crippen LogP contribution in [0, 0.1) is 0 Å². The molecule has 2 aliphatic heterocycles. The molecule has 2 aliphatic rings. The van der Waals surface area contributed by atoms with Gasteiger partial charge in [0.05, 0.1) is 18.8 Å². The van der Waals surface area contributed by atoms with Crippen molar-refractivity contribution in [3.63, 3.8) is 0 Å². The maximum atomic E-state index is 11.3. The first-order valence-electron chi connectivity index (χ1n) is 11.5. The van der Waals surface area contributed by atoms with Crippen LogP contribution in [0.25, 0.3) is 0 Å². The molecule has 3 heterocycles. The number of halogens is 1. The van der Waals surface area contributed by atoms with E-state index in [2.05, 4.69) is 20.1 Å². The molecule has 1 N–H and O–H groups in total. The lowest BCUT2D eigenvalue weighted by Gasteiger charge is -2.31. The number of amides is 1. The number of hydrogen-bond donors (Lipinski definition) is 1. The predicted molar refractivity (Wildman–Crippen MR) is 129 cm³/mol. The Labute approximate surface area is 200 Å². The number of benzene rings is 1. The molecule has 8 nitrogen and oxygen atoms in total. The van der Waals surface area contributed by atoms with Gasteiger partial charge in [-0.1, -0.05) is 23.7 Å². The molecule has 33 heavy (non-hydrogen) atoms. The first-order chi connectivity index (χ1) is 15.9. The molecule has 0 aliphatic carbocycles. The topological polar surface area (TPSA) is 79.8 Å². The average Bonchev–Trinajstić information content (AvgIpc) is 3.27. The molecule has 0 spiro atoms. The third kappa shape index (κ3) is 5.86. The van der Waals surface area contributed by atoms with Crippen LogP contribution in [0.15, 0.2) is 30.5 Å². The second kappa shape index (κ2) is 10.6. The Hall–Kier alpha value is -2.58. The van der Waals surface area contributed by atoms with Crippen molar-refractivity contribution in [1.82, 2.24) is 15.3 Å². The summed E-state index contributed by atoms with van der Waals surface area (Å²) in [5.41, 5.74) is 1.04. The van der Waals surface area contributed by atoms with Crippen LogP contribution in [-0.4, -0.2) is 61.4 Å². The van der Waals surface area contributed by atoms with E-state index >= 15 is 0 Å². The third-order valence-corrected chi connectivity index (χ3v) is 6.58. The summed E-state index contributed by atoms with van der Waals surface area (Å²) in [6.45, 7) is 6.56. The molecular weight excluding hydrogens is 442 g/mol. The van der Waals surface area contributed by atoms with Gasteiger partial charge in [0.1, 0.15) is 16.9 Å². The maximum Gasteiger partial charge on any atom is 0.227 e. The molecule has 0 radical (unpaired) electrons. The molecule has 2 atom stereocenters. The number of nitrogens with one attached hydrogen (secondary N) is 1. The Morgan fingerprint density at radius 2 is 2.00 bits per heavy atom. The first-order valence-corrected chi connectivity index (χ1v) is 11.9. The van der Waals surface area contributed by atoms with Gasteiger partial charge in [-0.15, -0.1) is 0 Å². The lowest BCUT2D eigenvalue weighted by atomic mass is 10.1. The van der Waals surface area contributed by atoms with Gasteiger partial charge in [0, 0.05) is 46.2 Å². The van der Waals surface area contributed by atoms with Crippen LogP contribution in [0.4, 0.5) is 11.8 Å². The van der Waals surface area contributed by atoms with Gasteiger partial charge in [-0.25, -0.2) is 4.98 Å². The minimum atomic E-state index is -0.0423. The Bertz CT molecular complexity index is 952. The van der Waals surface area contributed by atoms with Crippen LogP contribution in [0.1, 0.15) is 44.7 Å². The summed E-state index contributed by atoms with van der Waals surface area (Å²) >= 11 is 6.48. The molecule has 9 heteroatoms. The number of aromatic nitrogens is 2. The molecule has 2 saturated heterocycles. The zero-order chi connectivity index (χ0) is 23.4. The minimum absolute atomic E-state index is 0.0353. The number of hydrogen-bond acceptors (Lipinski definition) is 7. The highest BCUT2D eigenvalue weighted by Crippen LogP contribution is 2.30. The minimum Gasteiger partial charge on any atom is -0.489 e. The Morgan fingerprint density at radius 3 is 2.70 bits per heavy atom. The van der Waals surface area contributed by atoms with Gasteiger partial charge in [-0.3, -0.25) is 4.79 Å². The first kappa shape index (κ1) is 23.6. The van der Waals surface area contributed by atoms with E-state index in [9.17, 15) is 4.79 Å². The van der Waals surface area contributed by atoms with Crippen molar-refractivity contribution in [3.8, 4) is 5.75 Å². The highest BCUT2D eigenvalue weighted by atomic mass is 35.5. The van der Waals surface area contributed by atoms with Crippen molar-refractivity contribution in [2.45, 2.75) is 51.3 Å². The zero-order valence-electron chi connectivity index (χ0n) is 19.5. The molecule has 0 unspecified atom stereocenters. The van der Waals surface area contributed by atoms with Crippen molar-refractivity contribution in [2.24, 2.45) is 0 Å². The fraction of sp³-hybridized carbons (Fsp3) is 0.542. The van der Waals surface area contributed by atoms with Crippen LogP contribution >= 0.6 is 11.6 Å². The summed E-state index contributed by atoms with van der Waals surface area (Å²) in [4.78, 5) is 24.8. The van der Waals surface area contributed by atoms with Gasteiger partial charge in [-0.05, 0) is 37.5 Å². The molecule has 4 rings (SSSR count). The summed E-state index contributed by atoms with van der Waals surface area (Å²) in [6.07, 6.45) is 4.57. The molecule has 1 amide bonds. The number of nitrogens with zero attached hydrogens (tertiary/aromatic N) is 4. The number of carbonyl (C=O) groups excluding carboxylic acids is 1. The SMILES string of the molecule is CC(=O)N[C@@H](C)c1ccc(O[C@@H]2CCN(c3nc(N(C)C4CCOCC4)ncc3Cl)C2)cc1. The molecule has 178 valence electrons. The van der Waals surface area contributed by atoms with Gasteiger partial charge in [0.2, 0.25) is 11.9 Å². The Kier molecular flexibility index (Phi) is 7.55. The standard InChI is InChI=1S/C24H32ClN5O3/c1-16(27-17(2)31)18-4-6-20(7-5-18)33-21-8-11-30(15-21)23-22(25)14-26-24(28-23)29(3)19-9-12-32-13-10-19/h4-7,14,16,19,21H,8-13,15H2,1-3H3,(H,27,31)/t16-,21+/m0/s1. The van der Waals surface area contributed by atoms with Crippen LogP contribution in [0.5, 0.6) is 5.75 Å². The molecule has 1 aromatic carbocycles. The van der Waals surface area contributed by atoms with Gasteiger partial charge >= 0.3 is 0 Å². The van der Waals surface area contributed by atoms with E-state index in [-0.39, 0.29) is 18.1 Å². The summed E-state index contributed by atoms with van der Waals surface area (Å²) < 4.78 is 11.7.